The summed E-state index contributed by atoms with van der Waals surface area (Å²) in [6.07, 6.45) is 0. The maximum Gasteiger partial charge on any atom is 0.265 e. The van der Waals surface area contributed by atoms with Crippen LogP contribution >= 0.6 is 38.5 Å². The van der Waals surface area contributed by atoms with Gasteiger partial charge in [-0.15, -0.1) is 0 Å². The maximum atomic E-state index is 12.1. The molecule has 0 atom stereocenters. The van der Waals surface area contributed by atoms with Gasteiger partial charge in [-0.2, -0.15) is 0 Å². The Balaban J connectivity index is 1.93. The van der Waals surface area contributed by atoms with E-state index in [1.54, 1.807) is 4.90 Å². The minimum Gasteiger partial charge on any atom is -0.482 e. The number of carbonyl (C=O) groups is 1. The van der Waals surface area contributed by atoms with Crippen LogP contribution in [0.1, 0.15) is 5.56 Å². The SMILES string of the molecule is O=C1COc2cc(I)ccc2N1Cc1ccc(Br)cc1. The quantitative estimate of drug-likeness (QED) is 0.657. The van der Waals surface area contributed by atoms with E-state index in [1.807, 2.05) is 42.5 Å². The third-order valence-corrected chi connectivity index (χ3v) is 4.32. The molecule has 0 unspecified atom stereocenters. The van der Waals surface area contributed by atoms with Crippen molar-refractivity contribution in [2.45, 2.75) is 6.54 Å². The Kier molecular flexibility index (Phi) is 3.98. The number of amides is 1. The van der Waals surface area contributed by atoms with Crippen molar-refractivity contribution in [1.29, 1.82) is 0 Å². The number of fused-ring (bicyclic) bond motifs is 1. The molecule has 0 aromatic heterocycles. The van der Waals surface area contributed by atoms with Crippen LogP contribution in [0, 0.1) is 3.57 Å². The second-order valence-electron chi connectivity index (χ2n) is 4.51. The highest BCUT2D eigenvalue weighted by molar-refractivity contribution is 14.1. The van der Waals surface area contributed by atoms with Gasteiger partial charge in [0.25, 0.3) is 5.91 Å². The molecule has 0 spiro atoms. The summed E-state index contributed by atoms with van der Waals surface area (Å²) in [5.41, 5.74) is 1.93. The van der Waals surface area contributed by atoms with E-state index in [4.69, 9.17) is 4.74 Å². The van der Waals surface area contributed by atoms with Crippen molar-refractivity contribution >= 4 is 50.1 Å². The normalized spacial score (nSPS) is 13.9. The van der Waals surface area contributed by atoms with E-state index in [0.29, 0.717) is 6.54 Å². The standard InChI is InChI=1S/C15H11BrINO2/c16-11-3-1-10(2-4-11)8-18-13-6-5-12(17)7-14(13)20-9-15(18)19/h1-7H,8-9H2. The summed E-state index contributed by atoms with van der Waals surface area (Å²) in [6.45, 7) is 0.659. The molecule has 1 amide bonds. The number of halogens is 2. The number of hydrogen-bond acceptors (Lipinski definition) is 2. The predicted molar refractivity (Wildman–Crippen MR) is 90.0 cm³/mol. The Bertz CT molecular complexity index is 657. The first-order valence-corrected chi connectivity index (χ1v) is 7.98. The van der Waals surface area contributed by atoms with Crippen LogP contribution in [0.4, 0.5) is 5.69 Å². The zero-order valence-electron chi connectivity index (χ0n) is 10.5. The van der Waals surface area contributed by atoms with Crippen molar-refractivity contribution in [3.8, 4) is 5.75 Å². The molecule has 2 aromatic carbocycles. The van der Waals surface area contributed by atoms with E-state index in [1.165, 1.54) is 0 Å². The van der Waals surface area contributed by atoms with Crippen LogP contribution in [0.25, 0.3) is 0 Å². The summed E-state index contributed by atoms with van der Waals surface area (Å²) >= 11 is 5.65. The van der Waals surface area contributed by atoms with Crippen molar-refractivity contribution in [2.24, 2.45) is 0 Å². The Morgan fingerprint density at radius 1 is 1.20 bits per heavy atom. The fraction of sp³-hybridized carbons (Fsp3) is 0.133. The average molecular weight is 444 g/mol. The molecule has 0 bridgehead atoms. The van der Waals surface area contributed by atoms with Gasteiger partial charge >= 0.3 is 0 Å². The summed E-state index contributed by atoms with van der Waals surface area (Å²) in [6, 6.07) is 13.9. The lowest BCUT2D eigenvalue weighted by Gasteiger charge is -2.29. The molecule has 0 fully saturated rings. The van der Waals surface area contributed by atoms with Crippen molar-refractivity contribution in [2.75, 3.05) is 11.5 Å². The molecule has 0 saturated carbocycles. The van der Waals surface area contributed by atoms with Crippen LogP contribution in [0.5, 0.6) is 5.75 Å². The van der Waals surface area contributed by atoms with Crippen LogP contribution in [0.15, 0.2) is 46.9 Å². The maximum absolute atomic E-state index is 12.1. The largest absolute Gasteiger partial charge is 0.482 e. The smallest absolute Gasteiger partial charge is 0.265 e. The molecule has 0 N–H and O–H groups in total. The van der Waals surface area contributed by atoms with Crippen molar-refractivity contribution in [3.63, 3.8) is 0 Å². The minimum atomic E-state index is -0.0124. The van der Waals surface area contributed by atoms with Crippen molar-refractivity contribution in [1.82, 2.24) is 0 Å². The molecule has 1 heterocycles. The van der Waals surface area contributed by atoms with Crippen LogP contribution in [0.2, 0.25) is 0 Å². The van der Waals surface area contributed by atoms with E-state index in [2.05, 4.69) is 38.5 Å². The van der Waals surface area contributed by atoms with E-state index >= 15 is 0 Å². The number of carbonyl (C=O) groups excluding carboxylic acids is 1. The third kappa shape index (κ3) is 2.83. The van der Waals surface area contributed by atoms with Crippen molar-refractivity contribution in [3.05, 3.63) is 56.1 Å². The molecule has 102 valence electrons. The average Bonchev–Trinajstić information content (AvgIpc) is 2.44. The fourth-order valence-corrected chi connectivity index (χ4v) is 2.85. The number of nitrogens with zero attached hydrogens (tertiary/aromatic N) is 1. The van der Waals surface area contributed by atoms with Crippen LogP contribution in [0.3, 0.4) is 0 Å². The molecule has 0 aliphatic carbocycles. The summed E-state index contributed by atoms with van der Waals surface area (Å²) in [7, 11) is 0. The summed E-state index contributed by atoms with van der Waals surface area (Å²) in [5.74, 6) is 0.759. The first kappa shape index (κ1) is 13.9. The molecule has 0 radical (unpaired) electrons. The highest BCUT2D eigenvalue weighted by atomic mass is 127. The number of hydrogen-bond donors (Lipinski definition) is 0. The molecule has 5 heteroatoms. The second kappa shape index (κ2) is 5.73. The van der Waals surface area contributed by atoms with Crippen LogP contribution in [-0.4, -0.2) is 12.5 Å². The van der Waals surface area contributed by atoms with E-state index < -0.39 is 0 Å². The highest BCUT2D eigenvalue weighted by Gasteiger charge is 2.25. The summed E-state index contributed by atoms with van der Waals surface area (Å²) < 4.78 is 7.63. The molecule has 1 aliphatic rings. The number of rotatable bonds is 2. The monoisotopic (exact) mass is 443 g/mol. The van der Waals surface area contributed by atoms with Gasteiger partial charge in [0.2, 0.25) is 0 Å². The number of benzene rings is 2. The molecule has 3 nitrogen and oxygen atoms in total. The van der Waals surface area contributed by atoms with E-state index in [0.717, 1.165) is 25.0 Å². The topological polar surface area (TPSA) is 29.5 Å². The first-order valence-electron chi connectivity index (χ1n) is 6.10. The lowest BCUT2D eigenvalue weighted by molar-refractivity contribution is -0.121. The Hall–Kier alpha value is -1.08. The zero-order chi connectivity index (χ0) is 14.1. The Morgan fingerprint density at radius 2 is 1.95 bits per heavy atom. The molecule has 20 heavy (non-hydrogen) atoms. The zero-order valence-corrected chi connectivity index (χ0v) is 14.2. The van der Waals surface area contributed by atoms with Gasteiger partial charge in [0, 0.05) is 8.04 Å². The molecule has 2 aromatic rings. The van der Waals surface area contributed by atoms with Crippen LogP contribution in [-0.2, 0) is 11.3 Å². The third-order valence-electron chi connectivity index (χ3n) is 3.12. The van der Waals surface area contributed by atoms with Gasteiger partial charge in [-0.05, 0) is 58.5 Å². The van der Waals surface area contributed by atoms with Gasteiger partial charge in [0.05, 0.1) is 12.2 Å². The second-order valence-corrected chi connectivity index (χ2v) is 6.67. The highest BCUT2D eigenvalue weighted by Crippen LogP contribution is 2.34. The van der Waals surface area contributed by atoms with E-state index in [9.17, 15) is 4.79 Å². The first-order chi connectivity index (χ1) is 9.63. The summed E-state index contributed by atoms with van der Waals surface area (Å²) in [5, 5.41) is 0. The fourth-order valence-electron chi connectivity index (χ4n) is 2.12. The Labute approximate surface area is 139 Å². The predicted octanol–water partition coefficient (Wildman–Crippen LogP) is 3.98. The molecule has 1 aliphatic heterocycles. The molecular weight excluding hydrogens is 433 g/mol. The van der Waals surface area contributed by atoms with Gasteiger partial charge in [0.15, 0.2) is 6.61 Å². The minimum absolute atomic E-state index is 0.0124. The molecule has 3 rings (SSSR count). The lowest BCUT2D eigenvalue weighted by Crippen LogP contribution is -2.38. The van der Waals surface area contributed by atoms with Gasteiger partial charge in [-0.3, -0.25) is 4.79 Å². The van der Waals surface area contributed by atoms with Crippen molar-refractivity contribution < 1.29 is 9.53 Å². The molecule has 0 saturated heterocycles. The summed E-state index contributed by atoms with van der Waals surface area (Å²) in [4.78, 5) is 13.9. The van der Waals surface area contributed by atoms with Gasteiger partial charge in [-0.25, -0.2) is 0 Å². The van der Waals surface area contributed by atoms with E-state index in [-0.39, 0.29) is 12.5 Å². The van der Waals surface area contributed by atoms with Gasteiger partial charge in [-0.1, -0.05) is 28.1 Å². The Morgan fingerprint density at radius 3 is 2.70 bits per heavy atom. The number of anilines is 1. The van der Waals surface area contributed by atoms with Crippen LogP contribution < -0.4 is 9.64 Å². The number of ether oxygens (including phenoxy) is 1. The van der Waals surface area contributed by atoms with Gasteiger partial charge in [0.1, 0.15) is 5.75 Å². The molecular formula is C15H11BrINO2. The lowest BCUT2D eigenvalue weighted by atomic mass is 10.1. The van der Waals surface area contributed by atoms with Gasteiger partial charge < -0.3 is 9.64 Å².